The molecule has 0 saturated heterocycles. The Morgan fingerprint density at radius 2 is 1.76 bits per heavy atom. The van der Waals surface area contributed by atoms with Crippen LogP contribution in [0.3, 0.4) is 0 Å². The lowest BCUT2D eigenvalue weighted by molar-refractivity contribution is -0.143. The lowest BCUT2D eigenvalue weighted by Gasteiger charge is -2.16. The predicted molar refractivity (Wildman–Crippen MR) is 92.4 cm³/mol. The van der Waals surface area contributed by atoms with Crippen LogP contribution in [0.5, 0.6) is 0 Å². The van der Waals surface area contributed by atoms with Crippen molar-refractivity contribution in [2.45, 2.75) is 31.5 Å². The zero-order chi connectivity index (χ0) is 18.4. The topological polar surface area (TPSA) is 90.9 Å². The van der Waals surface area contributed by atoms with E-state index in [9.17, 15) is 14.2 Å². The molecule has 2 rings (SSSR count). The zero-order valence-corrected chi connectivity index (χ0v) is 15.6. The summed E-state index contributed by atoms with van der Waals surface area (Å²) in [6.45, 7) is 0. The molecule has 1 fully saturated rings. The second kappa shape index (κ2) is 8.61. The van der Waals surface area contributed by atoms with Crippen molar-refractivity contribution in [3.63, 3.8) is 0 Å². The third-order valence-electron chi connectivity index (χ3n) is 4.21. The minimum absolute atomic E-state index is 0.119. The van der Waals surface area contributed by atoms with Crippen LogP contribution in [-0.2, 0) is 29.3 Å². The number of esters is 1. The van der Waals surface area contributed by atoms with E-state index in [2.05, 4.69) is 5.32 Å². The van der Waals surface area contributed by atoms with Crippen molar-refractivity contribution >= 4 is 19.5 Å². The Morgan fingerprint density at radius 3 is 2.24 bits per heavy atom. The fourth-order valence-electron chi connectivity index (χ4n) is 2.47. The van der Waals surface area contributed by atoms with Crippen molar-refractivity contribution in [1.82, 2.24) is 5.32 Å². The minimum atomic E-state index is -3.15. The highest BCUT2D eigenvalue weighted by atomic mass is 31.2. The molecule has 1 N–H and O–H groups in total. The van der Waals surface area contributed by atoms with Gasteiger partial charge in [-0.3, -0.25) is 9.36 Å². The number of nitrogens with one attached hydrogen (secondary N) is 1. The van der Waals surface area contributed by atoms with Crippen molar-refractivity contribution in [1.29, 1.82) is 0 Å². The Balaban J connectivity index is 2.01. The van der Waals surface area contributed by atoms with Gasteiger partial charge in [0.25, 0.3) is 5.91 Å². The lowest BCUT2D eigenvalue weighted by Crippen LogP contribution is -2.41. The van der Waals surface area contributed by atoms with E-state index >= 15 is 0 Å². The van der Waals surface area contributed by atoms with Crippen LogP contribution in [0.1, 0.15) is 35.2 Å². The maximum Gasteiger partial charge on any atom is 0.334 e. The Hall–Kier alpha value is -1.69. The van der Waals surface area contributed by atoms with Gasteiger partial charge in [0.2, 0.25) is 0 Å². The summed E-state index contributed by atoms with van der Waals surface area (Å²) < 4.78 is 26.7. The molecule has 0 radical (unpaired) electrons. The van der Waals surface area contributed by atoms with Gasteiger partial charge in [-0.2, -0.15) is 0 Å². The lowest BCUT2D eigenvalue weighted by atomic mass is 10.1. The first kappa shape index (κ1) is 19.6. The number of carbonyl (C=O) groups excluding carboxylic acids is 2. The van der Waals surface area contributed by atoms with E-state index in [0.29, 0.717) is 17.9 Å². The van der Waals surface area contributed by atoms with Crippen LogP contribution in [0.25, 0.3) is 0 Å². The number of hydrogen-bond acceptors (Lipinski definition) is 6. The summed E-state index contributed by atoms with van der Waals surface area (Å²) in [7, 11) is 0.825. The Labute approximate surface area is 147 Å². The molecule has 8 heteroatoms. The number of ether oxygens (including phenoxy) is 1. The molecule has 1 aromatic carbocycles. The number of hydrogen-bond donors (Lipinski definition) is 1. The molecule has 0 unspecified atom stereocenters. The van der Waals surface area contributed by atoms with Crippen molar-refractivity contribution < 1.29 is 27.9 Å². The Bertz CT molecular complexity index is 648. The summed E-state index contributed by atoms with van der Waals surface area (Å²) >= 11 is 0. The van der Waals surface area contributed by atoms with Gasteiger partial charge in [-0.25, -0.2) is 4.79 Å². The number of rotatable bonds is 9. The van der Waals surface area contributed by atoms with Crippen molar-refractivity contribution in [2.75, 3.05) is 21.3 Å². The van der Waals surface area contributed by atoms with Crippen LogP contribution < -0.4 is 5.32 Å². The van der Waals surface area contributed by atoms with E-state index in [-0.39, 0.29) is 12.1 Å². The molecule has 0 heterocycles. The van der Waals surface area contributed by atoms with Crippen LogP contribution in [0, 0.1) is 5.92 Å². The molecule has 0 bridgehead atoms. The second-order valence-corrected chi connectivity index (χ2v) is 8.33. The molecular weight excluding hydrogens is 345 g/mol. The summed E-state index contributed by atoms with van der Waals surface area (Å²) in [4.78, 5) is 24.2. The summed E-state index contributed by atoms with van der Waals surface area (Å²) in [5, 5.41) is 2.73. The predicted octanol–water partition coefficient (Wildman–Crippen LogP) is 2.74. The van der Waals surface area contributed by atoms with Crippen LogP contribution in [0.15, 0.2) is 24.3 Å². The van der Waals surface area contributed by atoms with Crippen LogP contribution >= 0.6 is 7.60 Å². The standard InChI is InChI=1S/C17H24NO6P/c1-22-17(20)15(10-12-4-5-12)18-16(19)14-8-6-13(7-9-14)11-25(21,23-2)24-3/h6-9,12,15H,4-5,10-11H2,1-3H3,(H,18,19)/t15-/m0/s1. The van der Waals surface area contributed by atoms with Gasteiger partial charge in [0.05, 0.1) is 13.3 Å². The molecule has 1 aromatic rings. The fraction of sp³-hybridized carbons (Fsp3) is 0.529. The monoisotopic (exact) mass is 369 g/mol. The van der Waals surface area contributed by atoms with E-state index < -0.39 is 19.6 Å². The van der Waals surface area contributed by atoms with Crippen molar-refractivity contribution in [3.8, 4) is 0 Å². The highest BCUT2D eigenvalue weighted by Crippen LogP contribution is 2.49. The molecule has 1 aliphatic carbocycles. The fourth-order valence-corrected chi connectivity index (χ4v) is 3.54. The van der Waals surface area contributed by atoms with E-state index in [1.807, 2.05) is 0 Å². The minimum Gasteiger partial charge on any atom is -0.467 e. The van der Waals surface area contributed by atoms with E-state index in [1.54, 1.807) is 24.3 Å². The maximum atomic E-state index is 12.4. The number of benzene rings is 1. The first-order valence-corrected chi connectivity index (χ1v) is 9.81. The number of carbonyl (C=O) groups is 2. The van der Waals surface area contributed by atoms with Gasteiger partial charge < -0.3 is 19.1 Å². The summed E-state index contributed by atoms with van der Waals surface area (Å²) in [6, 6.07) is 5.98. The summed E-state index contributed by atoms with van der Waals surface area (Å²) in [5.41, 5.74) is 1.14. The smallest absolute Gasteiger partial charge is 0.334 e. The van der Waals surface area contributed by atoms with E-state index in [0.717, 1.165) is 18.4 Å². The maximum absolute atomic E-state index is 12.4. The van der Waals surface area contributed by atoms with Gasteiger partial charge >= 0.3 is 13.6 Å². The highest BCUT2D eigenvalue weighted by molar-refractivity contribution is 7.52. The van der Waals surface area contributed by atoms with E-state index in [1.165, 1.54) is 21.3 Å². The molecule has 1 amide bonds. The molecule has 1 atom stereocenters. The van der Waals surface area contributed by atoms with Gasteiger partial charge in [-0.1, -0.05) is 25.0 Å². The third kappa shape index (κ3) is 5.66. The zero-order valence-electron chi connectivity index (χ0n) is 14.7. The van der Waals surface area contributed by atoms with Crippen molar-refractivity contribution in [2.24, 2.45) is 5.92 Å². The molecule has 7 nitrogen and oxygen atoms in total. The SMILES string of the molecule is COC(=O)[C@H](CC1CC1)NC(=O)c1ccc(CP(=O)(OC)OC)cc1. The first-order valence-electron chi connectivity index (χ1n) is 8.09. The molecular formula is C17H24NO6P. The molecule has 0 spiro atoms. The molecule has 0 aromatic heterocycles. The van der Waals surface area contributed by atoms with Gasteiger partial charge in [0, 0.05) is 19.8 Å². The average molecular weight is 369 g/mol. The van der Waals surface area contributed by atoms with E-state index in [4.69, 9.17) is 13.8 Å². The summed E-state index contributed by atoms with van der Waals surface area (Å²) in [5.74, 6) is -0.300. The Kier molecular flexibility index (Phi) is 6.76. The Morgan fingerprint density at radius 1 is 1.16 bits per heavy atom. The number of methoxy groups -OCH3 is 1. The molecule has 1 saturated carbocycles. The molecule has 25 heavy (non-hydrogen) atoms. The van der Waals surface area contributed by atoms with Crippen LogP contribution in [-0.4, -0.2) is 39.2 Å². The van der Waals surface area contributed by atoms with Gasteiger partial charge in [0.15, 0.2) is 0 Å². The highest BCUT2D eigenvalue weighted by Gasteiger charge is 2.31. The van der Waals surface area contributed by atoms with Crippen molar-refractivity contribution in [3.05, 3.63) is 35.4 Å². The third-order valence-corrected chi connectivity index (χ3v) is 6.07. The second-order valence-electron chi connectivity index (χ2n) is 6.06. The first-order chi connectivity index (χ1) is 11.9. The van der Waals surface area contributed by atoms with Gasteiger partial charge in [-0.15, -0.1) is 0 Å². The van der Waals surface area contributed by atoms with Gasteiger partial charge in [-0.05, 0) is 30.0 Å². The normalized spacial score (nSPS) is 15.5. The van der Waals surface area contributed by atoms with Crippen LogP contribution in [0.2, 0.25) is 0 Å². The molecule has 138 valence electrons. The largest absolute Gasteiger partial charge is 0.467 e. The van der Waals surface area contributed by atoms with Gasteiger partial charge in [0.1, 0.15) is 6.04 Å². The molecule has 0 aliphatic heterocycles. The molecule has 1 aliphatic rings. The quantitative estimate of drug-likeness (QED) is 0.532. The summed E-state index contributed by atoms with van der Waals surface area (Å²) in [6.07, 6.45) is 2.88. The average Bonchev–Trinajstić information content (AvgIpc) is 3.45. The number of amides is 1. The van der Waals surface area contributed by atoms with Crippen LogP contribution in [0.4, 0.5) is 0 Å².